The SMILES string of the molecule is CC(Sc1nc(C2CC2)nc(N(C)C2CC2)c1C(=O)NC=O)C(N)=O. The number of imide groups is 1. The van der Waals surface area contributed by atoms with Crippen LogP contribution in [0.3, 0.4) is 0 Å². The normalized spacial score (nSPS) is 17.7. The number of amides is 3. The second kappa shape index (κ2) is 6.99. The summed E-state index contributed by atoms with van der Waals surface area (Å²) >= 11 is 1.13. The molecule has 1 atom stereocenters. The van der Waals surface area contributed by atoms with Crippen molar-refractivity contribution in [1.82, 2.24) is 15.3 Å². The lowest BCUT2D eigenvalue weighted by Gasteiger charge is -2.23. The van der Waals surface area contributed by atoms with E-state index >= 15 is 0 Å². The molecule has 9 heteroatoms. The molecule has 0 aliphatic heterocycles. The number of rotatable bonds is 8. The molecule has 3 amide bonds. The summed E-state index contributed by atoms with van der Waals surface area (Å²) in [6.45, 7) is 1.66. The van der Waals surface area contributed by atoms with Crippen molar-refractivity contribution in [2.75, 3.05) is 11.9 Å². The number of carbonyl (C=O) groups is 3. The Balaban J connectivity index is 2.09. The quantitative estimate of drug-likeness (QED) is 0.398. The van der Waals surface area contributed by atoms with E-state index in [-0.39, 0.29) is 11.5 Å². The summed E-state index contributed by atoms with van der Waals surface area (Å²) in [5.74, 6) is 0.425. The van der Waals surface area contributed by atoms with E-state index in [0.29, 0.717) is 29.1 Å². The molecule has 1 aromatic heterocycles. The molecule has 2 aliphatic carbocycles. The number of nitrogens with two attached hydrogens (primary N) is 1. The maximum atomic E-state index is 12.5. The van der Waals surface area contributed by atoms with Crippen LogP contribution in [0.2, 0.25) is 0 Å². The van der Waals surface area contributed by atoms with Crippen LogP contribution in [0, 0.1) is 0 Å². The largest absolute Gasteiger partial charge is 0.369 e. The van der Waals surface area contributed by atoms with Crippen molar-refractivity contribution in [1.29, 1.82) is 0 Å². The van der Waals surface area contributed by atoms with Crippen LogP contribution in [-0.2, 0) is 9.59 Å². The number of thioether (sulfide) groups is 1. The summed E-state index contributed by atoms with van der Waals surface area (Å²) in [7, 11) is 1.89. The first-order valence-electron chi connectivity index (χ1n) is 8.27. The van der Waals surface area contributed by atoms with Crippen molar-refractivity contribution in [3.05, 3.63) is 11.4 Å². The Hall–Kier alpha value is -2.16. The van der Waals surface area contributed by atoms with Gasteiger partial charge in [-0.05, 0) is 32.6 Å². The number of nitrogens with one attached hydrogen (secondary N) is 1. The number of carbonyl (C=O) groups excluding carboxylic acids is 3. The van der Waals surface area contributed by atoms with Gasteiger partial charge >= 0.3 is 0 Å². The zero-order valence-electron chi connectivity index (χ0n) is 14.2. The summed E-state index contributed by atoms with van der Waals surface area (Å²) in [6.07, 6.45) is 4.44. The highest BCUT2D eigenvalue weighted by Crippen LogP contribution is 2.42. The van der Waals surface area contributed by atoms with Crippen LogP contribution in [-0.4, -0.2) is 46.5 Å². The molecule has 2 aliphatic rings. The molecule has 134 valence electrons. The van der Waals surface area contributed by atoms with E-state index in [1.165, 1.54) is 0 Å². The number of anilines is 1. The molecule has 0 saturated heterocycles. The topological polar surface area (TPSA) is 118 Å². The van der Waals surface area contributed by atoms with Gasteiger partial charge in [0, 0.05) is 19.0 Å². The monoisotopic (exact) mass is 363 g/mol. The van der Waals surface area contributed by atoms with Gasteiger partial charge in [0.1, 0.15) is 22.2 Å². The first-order valence-corrected chi connectivity index (χ1v) is 9.15. The minimum atomic E-state index is -0.570. The molecule has 1 aromatic rings. The highest BCUT2D eigenvalue weighted by atomic mass is 32.2. The van der Waals surface area contributed by atoms with Gasteiger partial charge in [-0.2, -0.15) is 0 Å². The highest BCUT2D eigenvalue weighted by Gasteiger charge is 2.35. The predicted octanol–water partition coefficient (Wildman–Crippen LogP) is 0.805. The van der Waals surface area contributed by atoms with Gasteiger partial charge < -0.3 is 10.6 Å². The summed E-state index contributed by atoms with van der Waals surface area (Å²) in [5.41, 5.74) is 5.59. The molecule has 8 nitrogen and oxygen atoms in total. The fourth-order valence-electron chi connectivity index (χ4n) is 2.49. The van der Waals surface area contributed by atoms with Crippen LogP contribution >= 0.6 is 11.8 Å². The molecule has 3 rings (SSSR count). The first kappa shape index (κ1) is 17.7. The van der Waals surface area contributed by atoms with E-state index < -0.39 is 17.1 Å². The Bertz CT molecular complexity index is 718. The lowest BCUT2D eigenvalue weighted by atomic mass is 10.2. The average Bonchev–Trinajstić information content (AvgIpc) is 3.46. The third-order valence-corrected chi connectivity index (χ3v) is 5.46. The zero-order chi connectivity index (χ0) is 18.1. The van der Waals surface area contributed by atoms with Crippen molar-refractivity contribution >= 4 is 35.8 Å². The second-order valence-corrected chi connectivity index (χ2v) is 7.79. The van der Waals surface area contributed by atoms with Crippen molar-refractivity contribution in [3.63, 3.8) is 0 Å². The zero-order valence-corrected chi connectivity index (χ0v) is 15.0. The molecular weight excluding hydrogens is 342 g/mol. The Morgan fingerprint density at radius 3 is 2.52 bits per heavy atom. The molecule has 0 aromatic carbocycles. The summed E-state index contributed by atoms with van der Waals surface area (Å²) in [5, 5.41) is 2.01. The smallest absolute Gasteiger partial charge is 0.264 e. The molecule has 0 bridgehead atoms. The van der Waals surface area contributed by atoms with Crippen LogP contribution in [0.15, 0.2) is 5.03 Å². The predicted molar refractivity (Wildman–Crippen MR) is 93.5 cm³/mol. The van der Waals surface area contributed by atoms with Gasteiger partial charge in [0.2, 0.25) is 12.3 Å². The van der Waals surface area contributed by atoms with E-state index in [0.717, 1.165) is 37.4 Å². The van der Waals surface area contributed by atoms with Crippen molar-refractivity contribution in [2.45, 2.75) is 54.8 Å². The Labute approximate surface area is 149 Å². The molecule has 1 heterocycles. The van der Waals surface area contributed by atoms with Gasteiger partial charge in [0.05, 0.1) is 5.25 Å². The molecule has 3 N–H and O–H groups in total. The van der Waals surface area contributed by atoms with Gasteiger partial charge in [-0.25, -0.2) is 9.97 Å². The molecular formula is C16H21N5O3S. The minimum absolute atomic E-state index is 0.226. The molecule has 1 unspecified atom stereocenters. The maximum Gasteiger partial charge on any atom is 0.264 e. The number of primary amides is 1. The third-order valence-electron chi connectivity index (χ3n) is 4.35. The van der Waals surface area contributed by atoms with Crippen LogP contribution in [0.25, 0.3) is 0 Å². The second-order valence-electron chi connectivity index (χ2n) is 6.46. The highest BCUT2D eigenvalue weighted by molar-refractivity contribution is 8.00. The molecule has 2 saturated carbocycles. The van der Waals surface area contributed by atoms with Crippen LogP contribution in [0.5, 0.6) is 0 Å². The fraction of sp³-hybridized carbons (Fsp3) is 0.562. The van der Waals surface area contributed by atoms with Gasteiger partial charge in [-0.15, -0.1) is 0 Å². The lowest BCUT2D eigenvalue weighted by Crippen LogP contribution is -2.30. The fourth-order valence-corrected chi connectivity index (χ4v) is 3.39. The van der Waals surface area contributed by atoms with E-state index in [2.05, 4.69) is 15.3 Å². The van der Waals surface area contributed by atoms with Gasteiger partial charge in [-0.1, -0.05) is 11.8 Å². The van der Waals surface area contributed by atoms with Gasteiger partial charge in [0.25, 0.3) is 5.91 Å². The van der Waals surface area contributed by atoms with E-state index in [1.807, 2.05) is 11.9 Å². The van der Waals surface area contributed by atoms with Gasteiger partial charge in [-0.3, -0.25) is 19.7 Å². The van der Waals surface area contributed by atoms with Crippen molar-refractivity contribution < 1.29 is 14.4 Å². The maximum absolute atomic E-state index is 12.5. The van der Waals surface area contributed by atoms with Gasteiger partial charge in [0.15, 0.2) is 0 Å². The molecule has 25 heavy (non-hydrogen) atoms. The number of hydrogen-bond acceptors (Lipinski definition) is 7. The molecule has 0 spiro atoms. The van der Waals surface area contributed by atoms with Crippen molar-refractivity contribution in [2.24, 2.45) is 5.73 Å². The van der Waals surface area contributed by atoms with Crippen LogP contribution < -0.4 is 16.0 Å². The van der Waals surface area contributed by atoms with E-state index in [4.69, 9.17) is 5.73 Å². The lowest BCUT2D eigenvalue weighted by molar-refractivity contribution is -0.117. The Morgan fingerprint density at radius 2 is 2.00 bits per heavy atom. The molecule has 2 fully saturated rings. The number of aromatic nitrogens is 2. The van der Waals surface area contributed by atoms with Crippen LogP contribution in [0.4, 0.5) is 5.82 Å². The Morgan fingerprint density at radius 1 is 1.32 bits per heavy atom. The van der Waals surface area contributed by atoms with E-state index in [1.54, 1.807) is 6.92 Å². The third kappa shape index (κ3) is 3.92. The average molecular weight is 363 g/mol. The molecule has 0 radical (unpaired) electrons. The number of hydrogen-bond donors (Lipinski definition) is 2. The van der Waals surface area contributed by atoms with E-state index in [9.17, 15) is 14.4 Å². The summed E-state index contributed by atoms with van der Waals surface area (Å²) in [6, 6.07) is 0.330. The summed E-state index contributed by atoms with van der Waals surface area (Å²) < 4.78 is 0. The Kier molecular flexibility index (Phi) is 4.94. The number of nitrogens with zero attached hydrogens (tertiary/aromatic N) is 3. The minimum Gasteiger partial charge on any atom is -0.369 e. The van der Waals surface area contributed by atoms with Crippen molar-refractivity contribution in [3.8, 4) is 0 Å². The summed E-state index contributed by atoms with van der Waals surface area (Å²) in [4.78, 5) is 45.9. The first-order chi connectivity index (χ1) is 11.9. The standard InChI is InChI=1S/C16H21N5O3S/c1-8(12(17)23)25-16-11(15(24)18-7-22)14(21(2)10-5-6-10)19-13(20-16)9-3-4-9/h7-10H,3-6H2,1-2H3,(H2,17,23)(H,18,22,24). The van der Waals surface area contributed by atoms with Crippen LogP contribution in [0.1, 0.15) is 54.7 Å².